The lowest BCUT2D eigenvalue weighted by molar-refractivity contribution is 0.387. The van der Waals surface area contributed by atoms with Gasteiger partial charge in [-0.05, 0) is 109 Å². The molecular weight excluding hydrogens is 715 g/mol. The molecule has 3 aliphatic rings. The van der Waals surface area contributed by atoms with Gasteiger partial charge in [-0.25, -0.2) is 15.0 Å². The predicted octanol–water partition coefficient (Wildman–Crippen LogP) is 13.3. The molecule has 0 N–H and O–H groups in total. The van der Waals surface area contributed by atoms with Crippen molar-refractivity contribution < 1.29 is 27.5 Å². The summed E-state index contributed by atoms with van der Waals surface area (Å²) >= 11 is 0. The van der Waals surface area contributed by atoms with Gasteiger partial charge in [0, 0.05) is 34.9 Å². The van der Waals surface area contributed by atoms with Gasteiger partial charge in [0.1, 0.15) is 33.8 Å². The Kier molecular flexibility index (Phi) is 9.63. The molecule has 0 amide bonds. The molecule has 3 aromatic heterocycles. The van der Waals surface area contributed by atoms with Crippen LogP contribution in [0.4, 0.5) is 0 Å². The van der Waals surface area contributed by atoms with Crippen LogP contribution in [0.5, 0.6) is 17.2 Å². The number of aromatic nitrogens is 3. The van der Waals surface area contributed by atoms with Crippen molar-refractivity contribution in [2.24, 2.45) is 0 Å². The van der Waals surface area contributed by atoms with Gasteiger partial charge >= 0.3 is 0 Å². The van der Waals surface area contributed by atoms with E-state index < -0.39 is 0 Å². The highest BCUT2D eigenvalue weighted by molar-refractivity contribution is 5.85. The monoisotopic (exact) mass is 765 g/mol. The molecule has 3 heterocycles. The van der Waals surface area contributed by atoms with E-state index in [1.807, 2.05) is 36.4 Å². The molecule has 0 saturated heterocycles. The van der Waals surface area contributed by atoms with Gasteiger partial charge in [-0.1, -0.05) is 57.8 Å². The van der Waals surface area contributed by atoms with E-state index in [1.165, 1.54) is 74.5 Å². The second-order valence-electron chi connectivity index (χ2n) is 16.5. The summed E-state index contributed by atoms with van der Waals surface area (Å²) in [6.45, 7) is 0. The fourth-order valence-electron chi connectivity index (χ4n) is 10.0. The predicted molar refractivity (Wildman–Crippen MR) is 223 cm³/mol. The zero-order chi connectivity index (χ0) is 38.5. The molecule has 9 nitrogen and oxygen atoms in total. The second kappa shape index (κ2) is 15.2. The average Bonchev–Trinajstić information content (AvgIpc) is 4.02. The molecule has 0 radical (unpaired) electrons. The zero-order valence-electron chi connectivity index (χ0n) is 33.3. The molecule has 57 heavy (non-hydrogen) atoms. The van der Waals surface area contributed by atoms with E-state index in [-0.39, 0.29) is 0 Å². The molecule has 3 saturated carbocycles. The number of hydrogen-bond acceptors (Lipinski definition) is 9. The minimum absolute atomic E-state index is 0.459. The second-order valence-corrected chi connectivity index (χ2v) is 16.5. The summed E-state index contributed by atoms with van der Waals surface area (Å²) in [5, 5.41) is 0. The van der Waals surface area contributed by atoms with Crippen molar-refractivity contribution in [3.05, 3.63) is 71.3 Å². The number of rotatable bonds is 9. The summed E-state index contributed by atoms with van der Waals surface area (Å²) in [5.74, 6) is 5.42. The molecule has 294 valence electrons. The fourth-order valence-corrected chi connectivity index (χ4v) is 10.0. The topological polar surface area (TPSA) is 106 Å². The standard InChI is InChI=1S/C48H51N3O6/c1-52-40-25-43-37(22-34(40)28-13-7-4-8-14-28)49-46(55-43)31-19-32(47-50-38-23-35(29-15-9-5-10-16-29)41(53-2)26-44(38)56-47)21-33(20-31)48-51-39-24-36(30-17-11-6-12-18-30)42(54-3)27-45(39)57-48/h19-30H,4-18H2,1-3H3. The molecule has 10 rings (SSSR count). The summed E-state index contributed by atoms with van der Waals surface area (Å²) in [5.41, 5.74) is 10.4. The van der Waals surface area contributed by atoms with Crippen LogP contribution in [-0.4, -0.2) is 36.3 Å². The lowest BCUT2D eigenvalue weighted by atomic mass is 9.83. The highest BCUT2D eigenvalue weighted by Crippen LogP contribution is 2.44. The van der Waals surface area contributed by atoms with Crippen LogP contribution in [0.25, 0.3) is 67.7 Å². The van der Waals surface area contributed by atoms with Gasteiger partial charge in [0.25, 0.3) is 0 Å². The van der Waals surface area contributed by atoms with E-state index in [0.717, 1.165) is 89.0 Å². The Labute approximate surface area is 333 Å². The largest absolute Gasteiger partial charge is 0.496 e. The van der Waals surface area contributed by atoms with E-state index in [9.17, 15) is 0 Å². The van der Waals surface area contributed by atoms with Gasteiger partial charge in [-0.2, -0.15) is 0 Å². The van der Waals surface area contributed by atoms with Gasteiger partial charge in [-0.15, -0.1) is 0 Å². The Bertz CT molecular complexity index is 2270. The minimum atomic E-state index is 0.459. The van der Waals surface area contributed by atoms with Crippen molar-refractivity contribution in [1.29, 1.82) is 0 Å². The van der Waals surface area contributed by atoms with Crippen molar-refractivity contribution in [3.8, 4) is 51.6 Å². The lowest BCUT2D eigenvalue weighted by Gasteiger charge is -2.23. The molecular formula is C48H51N3O6. The Morgan fingerprint density at radius 1 is 0.386 bits per heavy atom. The maximum atomic E-state index is 6.54. The van der Waals surface area contributed by atoms with Crippen LogP contribution in [0.2, 0.25) is 0 Å². The van der Waals surface area contributed by atoms with Crippen molar-refractivity contribution in [3.63, 3.8) is 0 Å². The van der Waals surface area contributed by atoms with Gasteiger partial charge in [0.15, 0.2) is 16.7 Å². The average molecular weight is 766 g/mol. The molecule has 3 aliphatic carbocycles. The molecule has 7 aromatic rings. The normalized spacial score (nSPS) is 17.5. The van der Waals surface area contributed by atoms with E-state index in [2.05, 4.69) is 18.2 Å². The van der Waals surface area contributed by atoms with Crippen molar-refractivity contribution >= 4 is 33.3 Å². The van der Waals surface area contributed by atoms with Crippen LogP contribution in [0.3, 0.4) is 0 Å². The summed E-state index contributed by atoms with van der Waals surface area (Å²) < 4.78 is 37.4. The van der Waals surface area contributed by atoms with Gasteiger partial charge in [0.2, 0.25) is 17.7 Å². The van der Waals surface area contributed by atoms with Crippen molar-refractivity contribution in [1.82, 2.24) is 15.0 Å². The Morgan fingerprint density at radius 2 is 0.667 bits per heavy atom. The minimum Gasteiger partial charge on any atom is -0.496 e. The first-order valence-electron chi connectivity index (χ1n) is 21.2. The molecule has 0 unspecified atom stereocenters. The maximum absolute atomic E-state index is 6.54. The third-order valence-electron chi connectivity index (χ3n) is 13.0. The van der Waals surface area contributed by atoms with Crippen LogP contribution >= 0.6 is 0 Å². The molecule has 9 heteroatoms. The number of benzene rings is 4. The van der Waals surface area contributed by atoms with Gasteiger partial charge in [-0.3, -0.25) is 0 Å². The Balaban J connectivity index is 1.10. The highest BCUT2D eigenvalue weighted by atomic mass is 16.5. The molecule has 0 spiro atoms. The number of nitrogens with zero attached hydrogens (tertiary/aromatic N) is 3. The molecule has 0 atom stereocenters. The SMILES string of the molecule is COc1cc2oc(-c3cc(-c4nc5cc(C6CCCCC6)c(OC)cc5o4)cc(-c4nc5cc(C6CCCCC6)c(OC)cc5o4)c3)nc2cc1C1CCCCC1. The van der Waals surface area contributed by atoms with Crippen molar-refractivity contribution in [2.45, 2.75) is 114 Å². The first-order chi connectivity index (χ1) is 28.0. The van der Waals surface area contributed by atoms with Crippen LogP contribution in [0.1, 0.15) is 131 Å². The van der Waals surface area contributed by atoms with E-state index in [1.54, 1.807) is 21.3 Å². The Morgan fingerprint density at radius 3 is 0.930 bits per heavy atom. The molecule has 3 fully saturated rings. The maximum Gasteiger partial charge on any atom is 0.227 e. The third kappa shape index (κ3) is 6.83. The van der Waals surface area contributed by atoms with Crippen LogP contribution in [-0.2, 0) is 0 Å². The molecule has 0 bridgehead atoms. The first kappa shape index (κ1) is 36.1. The van der Waals surface area contributed by atoms with E-state index in [4.69, 9.17) is 42.4 Å². The summed E-state index contributed by atoms with van der Waals surface area (Å²) in [4.78, 5) is 15.3. The van der Waals surface area contributed by atoms with Gasteiger partial charge < -0.3 is 27.5 Å². The number of methoxy groups -OCH3 is 3. The number of oxazole rings is 3. The number of hydrogen-bond donors (Lipinski definition) is 0. The highest BCUT2D eigenvalue weighted by Gasteiger charge is 2.26. The summed E-state index contributed by atoms with van der Waals surface area (Å²) in [7, 11) is 5.22. The van der Waals surface area contributed by atoms with E-state index >= 15 is 0 Å². The lowest BCUT2D eigenvalue weighted by Crippen LogP contribution is -2.06. The summed E-state index contributed by atoms with van der Waals surface area (Å²) in [6, 6.07) is 18.6. The zero-order valence-corrected chi connectivity index (χ0v) is 33.3. The molecule has 0 aliphatic heterocycles. The smallest absolute Gasteiger partial charge is 0.227 e. The first-order valence-corrected chi connectivity index (χ1v) is 21.2. The number of ether oxygens (including phenoxy) is 3. The summed E-state index contributed by atoms with van der Waals surface area (Å²) in [6.07, 6.45) is 18.3. The quantitative estimate of drug-likeness (QED) is 0.142. The van der Waals surface area contributed by atoms with Crippen LogP contribution in [0.15, 0.2) is 67.8 Å². The van der Waals surface area contributed by atoms with Crippen LogP contribution < -0.4 is 14.2 Å². The Hall–Kier alpha value is -5.31. The number of fused-ring (bicyclic) bond motifs is 3. The fraction of sp³-hybridized carbons (Fsp3) is 0.438. The van der Waals surface area contributed by atoms with E-state index in [0.29, 0.717) is 52.2 Å². The van der Waals surface area contributed by atoms with Gasteiger partial charge in [0.05, 0.1) is 21.3 Å². The third-order valence-corrected chi connectivity index (χ3v) is 13.0. The van der Waals surface area contributed by atoms with Crippen molar-refractivity contribution in [2.75, 3.05) is 21.3 Å². The van der Waals surface area contributed by atoms with Crippen LogP contribution in [0, 0.1) is 0 Å². The molecule has 4 aromatic carbocycles.